The van der Waals surface area contributed by atoms with E-state index in [-0.39, 0.29) is 5.41 Å². The van der Waals surface area contributed by atoms with Crippen molar-refractivity contribution in [3.8, 4) is 11.1 Å². The molecule has 1 aliphatic carbocycles. The maximum atomic E-state index is 2.45. The summed E-state index contributed by atoms with van der Waals surface area (Å²) in [5.74, 6) is 0. The molecule has 0 saturated carbocycles. The van der Waals surface area contributed by atoms with Crippen molar-refractivity contribution in [2.45, 2.75) is 32.6 Å². The largest absolute Gasteiger partial charge is 0.310 e. The Bertz CT molecular complexity index is 2010. The predicted molar refractivity (Wildman–Crippen MR) is 179 cm³/mol. The molecular weight excluding hydrogens is 506 g/mol. The SMILES string of the molecule is Cc1ccc2cc(C=Cc3ccc4c(c3)C(C)(C)c3cc(N5c6ccccc6Cc6ccccc65)ccc3-4)ccc2c1. The zero-order chi connectivity index (χ0) is 28.4. The van der Waals surface area contributed by atoms with Crippen molar-refractivity contribution >= 4 is 40.0 Å². The second-order valence-corrected chi connectivity index (χ2v) is 12.4. The Balaban J connectivity index is 1.16. The molecule has 42 heavy (non-hydrogen) atoms. The molecule has 6 aromatic rings. The highest BCUT2D eigenvalue weighted by atomic mass is 15.2. The van der Waals surface area contributed by atoms with E-state index < -0.39 is 0 Å². The van der Waals surface area contributed by atoms with Gasteiger partial charge in [-0.3, -0.25) is 0 Å². The van der Waals surface area contributed by atoms with Gasteiger partial charge in [0.1, 0.15) is 0 Å². The topological polar surface area (TPSA) is 3.24 Å². The molecule has 0 spiro atoms. The number of fused-ring (bicyclic) bond motifs is 6. The van der Waals surface area contributed by atoms with Crippen molar-refractivity contribution in [1.29, 1.82) is 0 Å². The van der Waals surface area contributed by atoms with E-state index in [4.69, 9.17) is 0 Å². The third-order valence-electron chi connectivity index (χ3n) is 9.28. The van der Waals surface area contributed by atoms with E-state index in [9.17, 15) is 0 Å². The fourth-order valence-corrected chi connectivity index (χ4v) is 7.04. The van der Waals surface area contributed by atoms with E-state index in [1.165, 1.54) is 77.9 Å². The van der Waals surface area contributed by atoms with E-state index in [1.54, 1.807) is 0 Å². The smallest absolute Gasteiger partial charge is 0.0497 e. The van der Waals surface area contributed by atoms with Gasteiger partial charge < -0.3 is 4.90 Å². The first-order valence-corrected chi connectivity index (χ1v) is 14.9. The van der Waals surface area contributed by atoms with E-state index in [2.05, 4.69) is 159 Å². The number of anilines is 3. The van der Waals surface area contributed by atoms with Crippen molar-refractivity contribution in [3.05, 3.63) is 160 Å². The molecule has 2 aliphatic rings. The van der Waals surface area contributed by atoms with Gasteiger partial charge in [0.05, 0.1) is 0 Å². The second kappa shape index (κ2) is 9.33. The molecule has 1 aliphatic heterocycles. The molecule has 1 heterocycles. The summed E-state index contributed by atoms with van der Waals surface area (Å²) in [6.07, 6.45) is 5.46. The lowest BCUT2D eigenvalue weighted by atomic mass is 9.81. The summed E-state index contributed by atoms with van der Waals surface area (Å²) < 4.78 is 0. The highest BCUT2D eigenvalue weighted by Gasteiger charge is 2.36. The van der Waals surface area contributed by atoms with Gasteiger partial charge in [0.15, 0.2) is 0 Å². The average Bonchev–Trinajstić information content (AvgIpc) is 3.24. The Morgan fingerprint density at radius 3 is 1.88 bits per heavy atom. The zero-order valence-electron chi connectivity index (χ0n) is 24.4. The predicted octanol–water partition coefficient (Wildman–Crippen LogP) is 11.0. The minimum absolute atomic E-state index is 0.0971. The standard InChI is InChI=1S/C41H33N/c1-27-12-17-31-23-28(15-18-30(31)22-27)13-14-29-16-20-35-36-21-19-34(26-38(36)41(2,3)37(35)24-29)42-39-10-6-4-8-32(39)25-33-9-5-7-11-40(33)42/h4-24,26H,25H2,1-3H3. The van der Waals surface area contributed by atoms with Gasteiger partial charge in [0, 0.05) is 28.9 Å². The van der Waals surface area contributed by atoms with Crippen LogP contribution in [0.4, 0.5) is 17.1 Å². The second-order valence-electron chi connectivity index (χ2n) is 12.4. The van der Waals surface area contributed by atoms with Crippen LogP contribution in [0.25, 0.3) is 34.1 Å². The number of hydrogen-bond acceptors (Lipinski definition) is 1. The Morgan fingerprint density at radius 1 is 0.571 bits per heavy atom. The Hall–Kier alpha value is -4.88. The fourth-order valence-electron chi connectivity index (χ4n) is 7.04. The molecule has 0 saturated heterocycles. The van der Waals surface area contributed by atoms with Gasteiger partial charge in [-0.1, -0.05) is 123 Å². The van der Waals surface area contributed by atoms with Gasteiger partial charge in [-0.05, 0) is 92.5 Å². The van der Waals surface area contributed by atoms with Gasteiger partial charge in [0.25, 0.3) is 0 Å². The summed E-state index contributed by atoms with van der Waals surface area (Å²) in [4.78, 5) is 2.45. The van der Waals surface area contributed by atoms with E-state index in [0.717, 1.165) is 6.42 Å². The van der Waals surface area contributed by atoms with Crippen LogP contribution < -0.4 is 4.90 Å². The molecule has 1 nitrogen and oxygen atoms in total. The number of aryl methyl sites for hydroxylation is 1. The van der Waals surface area contributed by atoms with E-state index >= 15 is 0 Å². The monoisotopic (exact) mass is 539 g/mol. The third kappa shape index (κ3) is 3.92. The highest BCUT2D eigenvalue weighted by molar-refractivity contribution is 5.90. The summed E-state index contributed by atoms with van der Waals surface area (Å²) in [6.45, 7) is 6.89. The summed E-state index contributed by atoms with van der Waals surface area (Å²) in [6, 6.07) is 45.1. The van der Waals surface area contributed by atoms with Crippen molar-refractivity contribution < 1.29 is 0 Å². The maximum absolute atomic E-state index is 2.45. The van der Waals surface area contributed by atoms with Crippen LogP contribution in [0.15, 0.2) is 121 Å². The van der Waals surface area contributed by atoms with Crippen LogP contribution in [0.5, 0.6) is 0 Å². The van der Waals surface area contributed by atoms with Gasteiger partial charge >= 0.3 is 0 Å². The summed E-state index contributed by atoms with van der Waals surface area (Å²) in [5.41, 5.74) is 15.7. The molecule has 0 aromatic heterocycles. The third-order valence-corrected chi connectivity index (χ3v) is 9.28. The van der Waals surface area contributed by atoms with Crippen molar-refractivity contribution in [2.75, 3.05) is 4.90 Å². The van der Waals surface area contributed by atoms with E-state index in [0.29, 0.717) is 0 Å². The number of benzene rings is 6. The summed E-state index contributed by atoms with van der Waals surface area (Å²) in [7, 11) is 0. The molecule has 0 amide bonds. The number of rotatable bonds is 3. The molecule has 202 valence electrons. The molecule has 0 radical (unpaired) electrons. The van der Waals surface area contributed by atoms with Crippen LogP contribution in [-0.2, 0) is 11.8 Å². The molecule has 0 unspecified atom stereocenters. The molecule has 0 fully saturated rings. The Morgan fingerprint density at radius 2 is 1.14 bits per heavy atom. The Kier molecular flexibility index (Phi) is 5.52. The average molecular weight is 540 g/mol. The van der Waals surface area contributed by atoms with E-state index in [1.807, 2.05) is 0 Å². The quantitative estimate of drug-likeness (QED) is 0.202. The van der Waals surface area contributed by atoms with Crippen LogP contribution in [0.1, 0.15) is 52.8 Å². The van der Waals surface area contributed by atoms with Gasteiger partial charge in [0.2, 0.25) is 0 Å². The lowest BCUT2D eigenvalue weighted by Crippen LogP contribution is -2.20. The van der Waals surface area contributed by atoms with Gasteiger partial charge in [-0.15, -0.1) is 0 Å². The van der Waals surface area contributed by atoms with Crippen molar-refractivity contribution in [2.24, 2.45) is 0 Å². The van der Waals surface area contributed by atoms with Gasteiger partial charge in [-0.25, -0.2) is 0 Å². The van der Waals surface area contributed by atoms with Gasteiger partial charge in [-0.2, -0.15) is 0 Å². The number of hydrogen-bond donors (Lipinski definition) is 0. The summed E-state index contributed by atoms with van der Waals surface area (Å²) >= 11 is 0. The minimum atomic E-state index is -0.0971. The lowest BCUT2D eigenvalue weighted by molar-refractivity contribution is 0.660. The first kappa shape index (κ1) is 24.9. The van der Waals surface area contributed by atoms with Crippen molar-refractivity contribution in [3.63, 3.8) is 0 Å². The molecule has 0 atom stereocenters. The van der Waals surface area contributed by atoms with Crippen LogP contribution in [0.3, 0.4) is 0 Å². The molecular formula is C41H33N. The van der Waals surface area contributed by atoms with Crippen LogP contribution >= 0.6 is 0 Å². The fraction of sp³-hybridized carbons (Fsp3) is 0.122. The molecule has 1 heteroatoms. The number of nitrogens with zero attached hydrogens (tertiary/aromatic N) is 1. The molecule has 0 N–H and O–H groups in total. The zero-order valence-corrected chi connectivity index (χ0v) is 24.4. The normalized spacial score (nSPS) is 14.5. The Labute approximate surface area is 248 Å². The molecule has 0 bridgehead atoms. The number of para-hydroxylation sites is 2. The highest BCUT2D eigenvalue weighted by Crippen LogP contribution is 2.52. The van der Waals surface area contributed by atoms with Crippen LogP contribution in [-0.4, -0.2) is 0 Å². The van der Waals surface area contributed by atoms with Crippen LogP contribution in [0, 0.1) is 6.92 Å². The minimum Gasteiger partial charge on any atom is -0.310 e. The van der Waals surface area contributed by atoms with Crippen LogP contribution in [0.2, 0.25) is 0 Å². The summed E-state index contributed by atoms with van der Waals surface area (Å²) in [5, 5.41) is 2.57. The molecule has 8 rings (SSSR count). The first-order chi connectivity index (χ1) is 20.5. The maximum Gasteiger partial charge on any atom is 0.0497 e. The van der Waals surface area contributed by atoms with Crippen molar-refractivity contribution in [1.82, 2.24) is 0 Å². The molecule has 6 aromatic carbocycles. The first-order valence-electron chi connectivity index (χ1n) is 14.9. The lowest BCUT2D eigenvalue weighted by Gasteiger charge is -2.34.